The van der Waals surface area contributed by atoms with Gasteiger partial charge in [-0.05, 0) is 45.9 Å². The summed E-state index contributed by atoms with van der Waals surface area (Å²) < 4.78 is 32.6. The van der Waals surface area contributed by atoms with Gasteiger partial charge < -0.3 is 10.1 Å². The molecule has 11 heteroatoms. The van der Waals surface area contributed by atoms with Gasteiger partial charge in [0.15, 0.2) is 6.10 Å². The number of hydrogen-bond acceptors (Lipinski definition) is 6. The summed E-state index contributed by atoms with van der Waals surface area (Å²) in [5, 5.41) is 2.41. The molecule has 9 nitrogen and oxygen atoms in total. The molecule has 1 heterocycles. The Morgan fingerprint density at radius 1 is 1.32 bits per heavy atom. The minimum absolute atomic E-state index is 0.0637. The van der Waals surface area contributed by atoms with E-state index in [4.69, 9.17) is 16.3 Å². The number of imide groups is 1. The number of sulfonamides is 1. The number of hydrogen-bond donors (Lipinski definition) is 2. The molecule has 1 atom stereocenters. The predicted octanol–water partition coefficient (Wildman–Crippen LogP) is 1.51. The van der Waals surface area contributed by atoms with Gasteiger partial charge >= 0.3 is 12.0 Å². The summed E-state index contributed by atoms with van der Waals surface area (Å²) in [6.45, 7) is 6.83. The minimum atomic E-state index is -3.99. The second kappa shape index (κ2) is 8.06. The van der Waals surface area contributed by atoms with Crippen LogP contribution in [0.15, 0.2) is 23.1 Å². The predicted molar refractivity (Wildman–Crippen MR) is 102 cm³/mol. The Kier molecular flexibility index (Phi) is 6.37. The van der Waals surface area contributed by atoms with Gasteiger partial charge in [0.2, 0.25) is 10.0 Å². The first-order valence-corrected chi connectivity index (χ1v) is 10.3. The van der Waals surface area contributed by atoms with E-state index in [1.807, 2.05) is 0 Å². The number of nitrogens with one attached hydrogen (secondary N) is 2. The lowest BCUT2D eigenvalue weighted by Gasteiger charge is -2.21. The molecular weight excluding hydrogens is 410 g/mol. The van der Waals surface area contributed by atoms with E-state index in [1.165, 1.54) is 19.1 Å². The first-order chi connectivity index (χ1) is 12.8. The Balaban J connectivity index is 2.20. The SMILES string of the molecule is C[C@@H](OC(=O)c1ccc(Cl)c(S(=O)(=O)NC(C)(C)C)c1)C(=O)N1CCNC1=O. The second-order valence-electron chi connectivity index (χ2n) is 7.27. The van der Waals surface area contributed by atoms with Gasteiger partial charge in [-0.15, -0.1) is 0 Å². The summed E-state index contributed by atoms with van der Waals surface area (Å²) >= 11 is 6.00. The van der Waals surface area contributed by atoms with Crippen molar-refractivity contribution in [1.82, 2.24) is 14.9 Å². The van der Waals surface area contributed by atoms with E-state index in [1.54, 1.807) is 20.8 Å². The second-order valence-corrected chi connectivity index (χ2v) is 9.33. The fourth-order valence-electron chi connectivity index (χ4n) is 2.47. The quantitative estimate of drug-likeness (QED) is 0.681. The van der Waals surface area contributed by atoms with Gasteiger partial charge in [0.25, 0.3) is 5.91 Å². The monoisotopic (exact) mass is 431 g/mol. The van der Waals surface area contributed by atoms with Crippen LogP contribution in [0.4, 0.5) is 4.79 Å². The van der Waals surface area contributed by atoms with Crippen molar-refractivity contribution in [3.63, 3.8) is 0 Å². The van der Waals surface area contributed by atoms with Crippen molar-refractivity contribution >= 4 is 39.5 Å². The number of halogens is 1. The number of ether oxygens (including phenoxy) is 1. The zero-order valence-electron chi connectivity index (χ0n) is 15.9. The summed E-state index contributed by atoms with van der Waals surface area (Å²) in [5.41, 5.74) is -0.847. The molecule has 1 aromatic carbocycles. The highest BCUT2D eigenvalue weighted by Crippen LogP contribution is 2.24. The largest absolute Gasteiger partial charge is 0.449 e. The molecule has 1 saturated heterocycles. The van der Waals surface area contributed by atoms with Crippen LogP contribution in [-0.2, 0) is 19.6 Å². The third kappa shape index (κ3) is 5.21. The lowest BCUT2D eigenvalue weighted by Crippen LogP contribution is -2.42. The van der Waals surface area contributed by atoms with Crippen LogP contribution in [0.1, 0.15) is 38.1 Å². The Hall–Kier alpha value is -2.17. The van der Waals surface area contributed by atoms with Crippen molar-refractivity contribution in [3.8, 4) is 0 Å². The lowest BCUT2D eigenvalue weighted by molar-refractivity contribution is -0.136. The molecule has 0 radical (unpaired) electrons. The van der Waals surface area contributed by atoms with Crippen LogP contribution in [0.3, 0.4) is 0 Å². The minimum Gasteiger partial charge on any atom is -0.449 e. The molecule has 2 rings (SSSR count). The van der Waals surface area contributed by atoms with E-state index in [0.717, 1.165) is 11.0 Å². The van der Waals surface area contributed by atoms with E-state index in [2.05, 4.69) is 10.0 Å². The standard InChI is InChI=1S/C17H22ClN3O6S/c1-10(14(22)21-8-7-19-16(21)24)27-15(23)11-5-6-12(18)13(9-11)28(25,26)20-17(2,3)4/h5-6,9-10,20H,7-8H2,1-4H3,(H,19,24)/t10-/m1/s1. The molecule has 1 aromatic rings. The Labute approximate surface area is 168 Å². The molecule has 0 saturated carbocycles. The van der Waals surface area contributed by atoms with Crippen LogP contribution in [-0.4, -0.2) is 56.0 Å². The maximum Gasteiger partial charge on any atom is 0.338 e. The van der Waals surface area contributed by atoms with E-state index in [-0.39, 0.29) is 22.0 Å². The number of carbonyl (C=O) groups excluding carboxylic acids is 3. The number of carbonyl (C=O) groups is 3. The molecule has 28 heavy (non-hydrogen) atoms. The molecule has 0 unspecified atom stereocenters. The topological polar surface area (TPSA) is 122 Å². The molecule has 3 amide bonds. The van der Waals surface area contributed by atoms with Crippen LogP contribution in [0.2, 0.25) is 5.02 Å². The van der Waals surface area contributed by atoms with E-state index < -0.39 is 39.6 Å². The van der Waals surface area contributed by atoms with Crippen molar-refractivity contribution < 1.29 is 27.5 Å². The first kappa shape index (κ1) is 22.1. The molecule has 1 aliphatic heterocycles. The van der Waals surface area contributed by atoms with Crippen LogP contribution >= 0.6 is 11.6 Å². The molecule has 0 spiro atoms. The van der Waals surface area contributed by atoms with Gasteiger partial charge in [-0.3, -0.25) is 9.69 Å². The van der Waals surface area contributed by atoms with E-state index in [9.17, 15) is 22.8 Å². The Morgan fingerprint density at radius 2 is 1.96 bits per heavy atom. The zero-order valence-corrected chi connectivity index (χ0v) is 17.5. The third-order valence-electron chi connectivity index (χ3n) is 3.65. The van der Waals surface area contributed by atoms with Crippen molar-refractivity contribution in [3.05, 3.63) is 28.8 Å². The number of esters is 1. The normalized spacial score (nSPS) is 15.9. The van der Waals surface area contributed by atoms with Gasteiger partial charge in [0.05, 0.1) is 10.6 Å². The maximum absolute atomic E-state index is 12.5. The fourth-order valence-corrected chi connectivity index (χ4v) is 4.42. The summed E-state index contributed by atoms with van der Waals surface area (Å²) in [4.78, 5) is 36.8. The summed E-state index contributed by atoms with van der Waals surface area (Å²) in [6, 6.07) is 3.08. The average Bonchev–Trinajstić information content (AvgIpc) is 2.97. The molecule has 1 aliphatic rings. The van der Waals surface area contributed by atoms with Crippen LogP contribution in [0.5, 0.6) is 0 Å². The Bertz CT molecular complexity index is 910. The third-order valence-corrected chi connectivity index (χ3v) is 5.89. The smallest absolute Gasteiger partial charge is 0.338 e. The number of rotatable bonds is 5. The van der Waals surface area contributed by atoms with Gasteiger partial charge in [-0.2, -0.15) is 0 Å². The number of nitrogens with zero attached hydrogens (tertiary/aromatic N) is 1. The highest BCUT2D eigenvalue weighted by molar-refractivity contribution is 7.89. The van der Waals surface area contributed by atoms with E-state index in [0.29, 0.717) is 6.54 Å². The molecule has 0 aromatic heterocycles. The van der Waals surface area contributed by atoms with Gasteiger partial charge in [0, 0.05) is 18.6 Å². The van der Waals surface area contributed by atoms with Crippen molar-refractivity contribution in [2.45, 2.75) is 44.2 Å². The number of benzene rings is 1. The Morgan fingerprint density at radius 3 is 2.50 bits per heavy atom. The molecule has 2 N–H and O–H groups in total. The fraction of sp³-hybridized carbons (Fsp3) is 0.471. The average molecular weight is 432 g/mol. The van der Waals surface area contributed by atoms with Crippen molar-refractivity contribution in [2.75, 3.05) is 13.1 Å². The molecule has 0 aliphatic carbocycles. The highest BCUT2D eigenvalue weighted by atomic mass is 35.5. The van der Waals surface area contributed by atoms with E-state index >= 15 is 0 Å². The maximum atomic E-state index is 12.5. The number of amides is 3. The zero-order chi connectivity index (χ0) is 21.3. The lowest BCUT2D eigenvalue weighted by atomic mass is 10.1. The first-order valence-electron chi connectivity index (χ1n) is 8.45. The van der Waals surface area contributed by atoms with Crippen LogP contribution in [0, 0.1) is 0 Å². The van der Waals surface area contributed by atoms with Crippen molar-refractivity contribution in [2.24, 2.45) is 0 Å². The molecule has 1 fully saturated rings. The molecule has 0 bridgehead atoms. The summed E-state index contributed by atoms with van der Waals surface area (Å²) in [5.74, 6) is -1.58. The molecule has 154 valence electrons. The van der Waals surface area contributed by atoms with Crippen molar-refractivity contribution in [1.29, 1.82) is 0 Å². The number of urea groups is 1. The van der Waals surface area contributed by atoms with Gasteiger partial charge in [0.1, 0.15) is 4.90 Å². The van der Waals surface area contributed by atoms with Gasteiger partial charge in [-0.25, -0.2) is 22.7 Å². The summed E-state index contributed by atoms with van der Waals surface area (Å²) in [6.07, 6.45) is -1.22. The summed E-state index contributed by atoms with van der Waals surface area (Å²) in [7, 11) is -3.99. The molecular formula is C17H22ClN3O6S. The van der Waals surface area contributed by atoms with Gasteiger partial charge in [-0.1, -0.05) is 11.6 Å². The van der Waals surface area contributed by atoms with Crippen LogP contribution in [0.25, 0.3) is 0 Å². The van der Waals surface area contributed by atoms with Crippen LogP contribution < -0.4 is 10.0 Å². The highest BCUT2D eigenvalue weighted by Gasteiger charge is 2.32.